The predicted octanol–water partition coefficient (Wildman–Crippen LogP) is 0.134. The van der Waals surface area contributed by atoms with E-state index < -0.39 is 15.6 Å². The van der Waals surface area contributed by atoms with E-state index in [-0.39, 0.29) is 5.03 Å². The first-order chi connectivity index (χ1) is 7.68. The van der Waals surface area contributed by atoms with Gasteiger partial charge in [0.1, 0.15) is 5.82 Å². The van der Waals surface area contributed by atoms with Crippen molar-refractivity contribution in [2.45, 2.75) is 37.8 Å². The summed E-state index contributed by atoms with van der Waals surface area (Å²) >= 11 is 0. The first kappa shape index (κ1) is 14.1. The molecule has 1 rings (SSSR count). The Morgan fingerprint density at radius 3 is 2.53 bits per heavy atom. The van der Waals surface area contributed by atoms with Crippen molar-refractivity contribution < 1.29 is 8.42 Å². The van der Waals surface area contributed by atoms with Gasteiger partial charge in [-0.3, -0.25) is 0 Å². The molecule has 0 spiro atoms. The summed E-state index contributed by atoms with van der Waals surface area (Å²) in [5, 5.41) is 0.0441. The monoisotopic (exact) mass is 260 g/mol. The van der Waals surface area contributed by atoms with E-state index in [4.69, 9.17) is 5.73 Å². The summed E-state index contributed by atoms with van der Waals surface area (Å²) in [6.45, 7) is 5.78. The van der Waals surface area contributed by atoms with Crippen LogP contribution in [0.15, 0.2) is 11.2 Å². The number of aromatic nitrogens is 2. The molecular formula is C10H20N4O2S. The molecule has 6 nitrogen and oxygen atoms in total. The summed E-state index contributed by atoms with van der Waals surface area (Å²) < 4.78 is 28.4. The number of sulfonamides is 1. The van der Waals surface area contributed by atoms with Crippen LogP contribution in [-0.2, 0) is 17.1 Å². The average molecular weight is 260 g/mol. The molecule has 98 valence electrons. The molecular weight excluding hydrogens is 240 g/mol. The van der Waals surface area contributed by atoms with Crippen LogP contribution >= 0.6 is 0 Å². The van der Waals surface area contributed by atoms with Gasteiger partial charge in [-0.2, -0.15) is 0 Å². The molecule has 0 atom stereocenters. The van der Waals surface area contributed by atoms with Crippen molar-refractivity contribution in [3.63, 3.8) is 0 Å². The van der Waals surface area contributed by atoms with E-state index in [9.17, 15) is 8.42 Å². The lowest BCUT2D eigenvalue weighted by atomic mass is 10.0. The fourth-order valence-electron chi connectivity index (χ4n) is 1.48. The van der Waals surface area contributed by atoms with E-state index in [1.54, 1.807) is 32.4 Å². The van der Waals surface area contributed by atoms with Crippen LogP contribution < -0.4 is 10.5 Å². The standard InChI is InChI=1S/C10H20N4O2S/c1-8-12-9(7-14(8)4)17(15,16)13-10(2,3)5-6-11/h7,13H,5-6,11H2,1-4H3. The van der Waals surface area contributed by atoms with E-state index in [1.165, 1.54) is 6.20 Å². The molecule has 0 aliphatic heterocycles. The molecule has 17 heavy (non-hydrogen) atoms. The third-order valence-electron chi connectivity index (χ3n) is 2.54. The maximum Gasteiger partial charge on any atom is 0.260 e. The van der Waals surface area contributed by atoms with Crippen molar-refractivity contribution in [2.75, 3.05) is 6.54 Å². The molecule has 0 saturated heterocycles. The summed E-state index contributed by atoms with van der Waals surface area (Å²) in [6.07, 6.45) is 2.06. The van der Waals surface area contributed by atoms with Crippen molar-refractivity contribution >= 4 is 10.0 Å². The zero-order valence-electron chi connectivity index (χ0n) is 10.7. The fraction of sp³-hybridized carbons (Fsp3) is 0.700. The first-order valence-corrected chi connectivity index (χ1v) is 6.90. The minimum absolute atomic E-state index is 0.0441. The zero-order valence-corrected chi connectivity index (χ0v) is 11.5. The molecule has 0 unspecified atom stereocenters. The van der Waals surface area contributed by atoms with Crippen LogP contribution in [-0.4, -0.2) is 30.1 Å². The summed E-state index contributed by atoms with van der Waals surface area (Å²) in [7, 11) is -1.82. The number of hydrogen-bond donors (Lipinski definition) is 2. The highest BCUT2D eigenvalue weighted by molar-refractivity contribution is 7.89. The van der Waals surface area contributed by atoms with Crippen molar-refractivity contribution in [1.29, 1.82) is 0 Å². The second kappa shape index (κ2) is 4.75. The highest BCUT2D eigenvalue weighted by Crippen LogP contribution is 2.14. The molecule has 0 amide bonds. The van der Waals surface area contributed by atoms with Crippen molar-refractivity contribution in [3.8, 4) is 0 Å². The number of nitrogens with two attached hydrogens (primary N) is 1. The van der Waals surface area contributed by atoms with Gasteiger partial charge in [0, 0.05) is 18.8 Å². The minimum Gasteiger partial charge on any atom is -0.337 e. The summed E-state index contributed by atoms with van der Waals surface area (Å²) in [5.74, 6) is 0.655. The Bertz CT molecular complexity index is 471. The van der Waals surface area contributed by atoms with Crippen molar-refractivity contribution in [2.24, 2.45) is 12.8 Å². The number of rotatable bonds is 5. The quantitative estimate of drug-likeness (QED) is 0.787. The Labute approximate surface area is 102 Å². The molecule has 0 fully saturated rings. The molecule has 0 aromatic carbocycles. The van der Waals surface area contributed by atoms with Crippen LogP contribution in [0, 0.1) is 6.92 Å². The smallest absolute Gasteiger partial charge is 0.260 e. The van der Waals surface area contributed by atoms with E-state index in [2.05, 4.69) is 9.71 Å². The van der Waals surface area contributed by atoms with Gasteiger partial charge < -0.3 is 10.3 Å². The molecule has 1 aromatic rings. The Balaban J connectivity index is 2.97. The minimum atomic E-state index is -3.58. The van der Waals surface area contributed by atoms with Crippen LogP contribution in [0.4, 0.5) is 0 Å². The van der Waals surface area contributed by atoms with E-state index in [0.29, 0.717) is 18.8 Å². The SMILES string of the molecule is Cc1nc(S(=O)(=O)NC(C)(C)CCN)cn1C. The second-order valence-corrected chi connectivity index (χ2v) is 6.39. The van der Waals surface area contributed by atoms with Gasteiger partial charge in [-0.05, 0) is 33.7 Å². The van der Waals surface area contributed by atoms with E-state index in [1.807, 2.05) is 0 Å². The Morgan fingerprint density at radius 2 is 2.12 bits per heavy atom. The fourth-order valence-corrected chi connectivity index (χ4v) is 2.97. The molecule has 1 heterocycles. The Hall–Kier alpha value is -0.920. The average Bonchev–Trinajstić information content (AvgIpc) is 2.45. The van der Waals surface area contributed by atoms with Gasteiger partial charge in [-0.25, -0.2) is 18.1 Å². The highest BCUT2D eigenvalue weighted by atomic mass is 32.2. The lowest BCUT2D eigenvalue weighted by molar-refractivity contribution is 0.427. The molecule has 0 aliphatic rings. The number of hydrogen-bond acceptors (Lipinski definition) is 4. The van der Waals surface area contributed by atoms with Gasteiger partial charge in [0.2, 0.25) is 0 Å². The Morgan fingerprint density at radius 1 is 1.53 bits per heavy atom. The maximum absolute atomic E-state index is 12.1. The molecule has 0 aliphatic carbocycles. The first-order valence-electron chi connectivity index (χ1n) is 5.42. The third-order valence-corrected chi connectivity index (χ3v) is 4.11. The maximum atomic E-state index is 12.1. The van der Waals surface area contributed by atoms with Crippen LogP contribution in [0.5, 0.6) is 0 Å². The molecule has 7 heteroatoms. The number of nitrogens with one attached hydrogen (secondary N) is 1. The number of aryl methyl sites for hydroxylation is 2. The normalized spacial score (nSPS) is 13.0. The topological polar surface area (TPSA) is 90.0 Å². The molecule has 1 aromatic heterocycles. The third kappa shape index (κ3) is 3.52. The highest BCUT2D eigenvalue weighted by Gasteiger charge is 2.27. The summed E-state index contributed by atoms with van der Waals surface area (Å²) in [5.41, 5.74) is 4.88. The van der Waals surface area contributed by atoms with Gasteiger partial charge in [0.15, 0.2) is 5.03 Å². The van der Waals surface area contributed by atoms with Gasteiger partial charge in [0.25, 0.3) is 10.0 Å². The molecule has 0 saturated carbocycles. The Kier molecular flexibility index (Phi) is 3.95. The molecule has 0 radical (unpaired) electrons. The molecule has 0 bridgehead atoms. The predicted molar refractivity (Wildman–Crippen MR) is 66.0 cm³/mol. The van der Waals surface area contributed by atoms with Gasteiger partial charge in [0.05, 0.1) is 0 Å². The lowest BCUT2D eigenvalue weighted by Crippen LogP contribution is -2.44. The van der Waals surface area contributed by atoms with Crippen molar-refractivity contribution in [1.82, 2.24) is 14.3 Å². The van der Waals surface area contributed by atoms with Crippen molar-refractivity contribution in [3.05, 3.63) is 12.0 Å². The van der Waals surface area contributed by atoms with Crippen LogP contribution in [0.25, 0.3) is 0 Å². The second-order valence-electron chi connectivity index (χ2n) is 4.77. The zero-order chi connectivity index (χ0) is 13.3. The summed E-state index contributed by atoms with van der Waals surface area (Å²) in [6, 6.07) is 0. The van der Waals surface area contributed by atoms with Gasteiger partial charge >= 0.3 is 0 Å². The number of nitrogens with zero attached hydrogens (tertiary/aromatic N) is 2. The van der Waals surface area contributed by atoms with Gasteiger partial charge in [-0.15, -0.1) is 0 Å². The van der Waals surface area contributed by atoms with E-state index in [0.717, 1.165) is 0 Å². The van der Waals surface area contributed by atoms with Crippen LogP contribution in [0.3, 0.4) is 0 Å². The largest absolute Gasteiger partial charge is 0.337 e. The van der Waals surface area contributed by atoms with Crippen LogP contribution in [0.2, 0.25) is 0 Å². The van der Waals surface area contributed by atoms with E-state index >= 15 is 0 Å². The van der Waals surface area contributed by atoms with Gasteiger partial charge in [-0.1, -0.05) is 0 Å². The number of imidazole rings is 1. The lowest BCUT2D eigenvalue weighted by Gasteiger charge is -2.24. The molecule has 3 N–H and O–H groups in total. The summed E-state index contributed by atoms with van der Waals surface area (Å²) in [4.78, 5) is 4.01. The van der Waals surface area contributed by atoms with Crippen LogP contribution in [0.1, 0.15) is 26.1 Å².